The Morgan fingerprint density at radius 1 is 1.50 bits per heavy atom. The van der Waals surface area contributed by atoms with Crippen LogP contribution in [-0.4, -0.2) is 11.1 Å². The third-order valence-electron chi connectivity index (χ3n) is 3.44. The number of rotatable bonds is 2. The Balaban J connectivity index is 2.75. The van der Waals surface area contributed by atoms with Crippen LogP contribution >= 0.6 is 0 Å². The molecule has 0 aromatic heterocycles. The van der Waals surface area contributed by atoms with Crippen molar-refractivity contribution in [2.45, 2.75) is 40.0 Å². The quantitative estimate of drug-likeness (QED) is 0.689. The van der Waals surface area contributed by atoms with E-state index < -0.39 is 5.97 Å². The molecule has 14 heavy (non-hydrogen) atoms. The van der Waals surface area contributed by atoms with Gasteiger partial charge in [0.1, 0.15) is 0 Å². The van der Waals surface area contributed by atoms with Crippen LogP contribution < -0.4 is 0 Å². The first-order chi connectivity index (χ1) is 6.43. The van der Waals surface area contributed by atoms with Gasteiger partial charge in [-0.05, 0) is 23.7 Å². The molecule has 2 nitrogen and oxygen atoms in total. The number of allylic oxidation sites excluding steroid dienone is 1. The van der Waals surface area contributed by atoms with E-state index in [9.17, 15) is 4.79 Å². The van der Waals surface area contributed by atoms with Gasteiger partial charge in [0.05, 0.1) is 0 Å². The van der Waals surface area contributed by atoms with Gasteiger partial charge >= 0.3 is 5.97 Å². The van der Waals surface area contributed by atoms with E-state index in [2.05, 4.69) is 20.8 Å². The smallest absolute Gasteiger partial charge is 0.327 e. The zero-order chi connectivity index (χ0) is 10.8. The van der Waals surface area contributed by atoms with Crippen molar-refractivity contribution in [3.8, 4) is 0 Å². The van der Waals surface area contributed by atoms with Crippen molar-refractivity contribution in [2.75, 3.05) is 0 Å². The Morgan fingerprint density at radius 3 is 2.64 bits per heavy atom. The van der Waals surface area contributed by atoms with Gasteiger partial charge in [-0.2, -0.15) is 0 Å². The molecule has 0 saturated heterocycles. The summed E-state index contributed by atoms with van der Waals surface area (Å²) in [6, 6.07) is 0. The lowest BCUT2D eigenvalue weighted by Crippen LogP contribution is -2.32. The lowest BCUT2D eigenvalue weighted by Gasteiger charge is -2.41. The average Bonchev–Trinajstić information content (AvgIpc) is 2.01. The fraction of sp³-hybridized carbons (Fsp3) is 0.750. The Hall–Kier alpha value is -0.790. The molecule has 0 amide bonds. The van der Waals surface area contributed by atoms with Gasteiger partial charge in [-0.15, -0.1) is 0 Å². The highest BCUT2D eigenvalue weighted by Gasteiger charge is 2.34. The predicted octanol–water partition coefficient (Wildman–Crippen LogP) is 3.09. The van der Waals surface area contributed by atoms with Crippen LogP contribution in [0.5, 0.6) is 0 Å². The minimum Gasteiger partial charge on any atom is -0.478 e. The molecule has 80 valence electrons. The van der Waals surface area contributed by atoms with Gasteiger partial charge in [-0.1, -0.05) is 39.7 Å². The van der Waals surface area contributed by atoms with E-state index in [1.165, 1.54) is 25.3 Å². The van der Waals surface area contributed by atoms with Crippen molar-refractivity contribution in [2.24, 2.45) is 17.3 Å². The van der Waals surface area contributed by atoms with Crippen molar-refractivity contribution >= 4 is 5.97 Å². The zero-order valence-electron chi connectivity index (χ0n) is 9.29. The highest BCUT2D eigenvalue weighted by atomic mass is 16.4. The molecule has 2 heteroatoms. The maximum Gasteiger partial charge on any atom is 0.327 e. The van der Waals surface area contributed by atoms with Crippen molar-refractivity contribution < 1.29 is 9.90 Å². The minimum absolute atomic E-state index is 0.254. The largest absolute Gasteiger partial charge is 0.478 e. The number of hydrogen-bond acceptors (Lipinski definition) is 1. The molecule has 1 saturated carbocycles. The van der Waals surface area contributed by atoms with Crippen molar-refractivity contribution in [3.05, 3.63) is 12.2 Å². The Labute approximate surface area is 86.0 Å². The lowest BCUT2D eigenvalue weighted by atomic mass is 9.64. The van der Waals surface area contributed by atoms with Crippen LogP contribution in [0.15, 0.2) is 12.2 Å². The van der Waals surface area contributed by atoms with Crippen molar-refractivity contribution in [1.29, 1.82) is 0 Å². The number of carboxylic acids is 1. The second-order valence-corrected chi connectivity index (χ2v) is 5.08. The summed E-state index contributed by atoms with van der Waals surface area (Å²) < 4.78 is 0. The first kappa shape index (κ1) is 11.3. The second-order valence-electron chi connectivity index (χ2n) is 5.08. The first-order valence-corrected chi connectivity index (χ1v) is 5.34. The molecule has 0 aliphatic heterocycles. The van der Waals surface area contributed by atoms with Crippen LogP contribution in [-0.2, 0) is 4.79 Å². The molecule has 1 aliphatic carbocycles. The van der Waals surface area contributed by atoms with E-state index in [-0.39, 0.29) is 5.41 Å². The van der Waals surface area contributed by atoms with Crippen molar-refractivity contribution in [3.63, 3.8) is 0 Å². The summed E-state index contributed by atoms with van der Waals surface area (Å²) in [6.07, 6.45) is 6.87. The van der Waals surface area contributed by atoms with Crippen LogP contribution in [0.2, 0.25) is 0 Å². The molecule has 2 atom stereocenters. The molecule has 1 N–H and O–H groups in total. The first-order valence-electron chi connectivity index (χ1n) is 5.34. The van der Waals surface area contributed by atoms with Gasteiger partial charge in [-0.25, -0.2) is 4.79 Å². The molecule has 0 spiro atoms. The van der Waals surface area contributed by atoms with Crippen LogP contribution in [0, 0.1) is 17.3 Å². The lowest BCUT2D eigenvalue weighted by molar-refractivity contribution is -0.131. The topological polar surface area (TPSA) is 37.3 Å². The van der Waals surface area contributed by atoms with E-state index in [0.29, 0.717) is 11.8 Å². The number of hydrogen-bond donors (Lipinski definition) is 1. The van der Waals surface area contributed by atoms with E-state index in [1.54, 1.807) is 0 Å². The highest BCUT2D eigenvalue weighted by molar-refractivity contribution is 5.79. The van der Waals surface area contributed by atoms with Gasteiger partial charge in [0, 0.05) is 6.08 Å². The number of carbonyl (C=O) groups is 1. The second kappa shape index (κ2) is 4.16. The Morgan fingerprint density at radius 2 is 2.14 bits per heavy atom. The van der Waals surface area contributed by atoms with Crippen LogP contribution in [0.25, 0.3) is 0 Å². The Bertz CT molecular complexity index is 241. The average molecular weight is 196 g/mol. The van der Waals surface area contributed by atoms with Crippen LogP contribution in [0.3, 0.4) is 0 Å². The van der Waals surface area contributed by atoms with Gasteiger partial charge in [0.2, 0.25) is 0 Å². The summed E-state index contributed by atoms with van der Waals surface area (Å²) in [7, 11) is 0. The minimum atomic E-state index is -0.835. The van der Waals surface area contributed by atoms with E-state index in [1.807, 2.05) is 6.08 Å². The summed E-state index contributed by atoms with van der Waals surface area (Å²) in [6.45, 7) is 6.69. The summed E-state index contributed by atoms with van der Waals surface area (Å²) in [5.74, 6) is 0.181. The van der Waals surface area contributed by atoms with Crippen LogP contribution in [0.1, 0.15) is 40.0 Å². The fourth-order valence-corrected chi connectivity index (χ4v) is 2.63. The van der Waals surface area contributed by atoms with Crippen LogP contribution in [0.4, 0.5) is 0 Å². The third kappa shape index (κ3) is 2.60. The SMILES string of the molecule is CC1CCCC(C)(C)C1C=CC(=O)O. The molecular weight excluding hydrogens is 176 g/mol. The zero-order valence-corrected chi connectivity index (χ0v) is 9.29. The molecule has 0 aromatic carbocycles. The van der Waals surface area contributed by atoms with Crippen molar-refractivity contribution in [1.82, 2.24) is 0 Å². The number of aliphatic carboxylic acids is 1. The Kier molecular flexibility index (Phi) is 3.35. The third-order valence-corrected chi connectivity index (χ3v) is 3.44. The molecule has 2 unspecified atom stereocenters. The summed E-state index contributed by atoms with van der Waals surface area (Å²) in [5.41, 5.74) is 0.254. The van der Waals surface area contributed by atoms with Gasteiger partial charge in [0.25, 0.3) is 0 Å². The molecular formula is C12H20O2. The molecule has 0 heterocycles. The van der Waals surface area contributed by atoms with E-state index in [0.717, 1.165) is 0 Å². The molecule has 0 aromatic rings. The normalized spacial score (nSPS) is 31.9. The summed E-state index contributed by atoms with van der Waals surface area (Å²) >= 11 is 0. The maximum atomic E-state index is 10.5. The van der Waals surface area contributed by atoms with E-state index >= 15 is 0 Å². The molecule has 1 rings (SSSR count). The van der Waals surface area contributed by atoms with E-state index in [4.69, 9.17) is 5.11 Å². The summed E-state index contributed by atoms with van der Waals surface area (Å²) in [5, 5.41) is 8.61. The monoisotopic (exact) mass is 196 g/mol. The van der Waals surface area contributed by atoms with Gasteiger partial charge < -0.3 is 5.11 Å². The number of carboxylic acid groups (broad SMARTS) is 1. The maximum absolute atomic E-state index is 10.5. The fourth-order valence-electron chi connectivity index (χ4n) is 2.63. The molecule has 0 bridgehead atoms. The summed E-state index contributed by atoms with van der Waals surface area (Å²) in [4.78, 5) is 10.5. The molecule has 1 fully saturated rings. The molecule has 1 aliphatic rings. The van der Waals surface area contributed by atoms with Gasteiger partial charge in [-0.3, -0.25) is 0 Å². The standard InChI is InChI=1S/C12H20O2/c1-9-5-4-8-12(2,3)10(9)6-7-11(13)14/h6-7,9-10H,4-5,8H2,1-3H3,(H,13,14). The highest BCUT2D eigenvalue weighted by Crippen LogP contribution is 2.44. The molecule has 0 radical (unpaired) electrons. The van der Waals surface area contributed by atoms with Gasteiger partial charge in [0.15, 0.2) is 0 Å². The predicted molar refractivity (Wildman–Crippen MR) is 57.1 cm³/mol.